The van der Waals surface area contributed by atoms with E-state index >= 15 is 0 Å². The van der Waals surface area contributed by atoms with Gasteiger partial charge < -0.3 is 34.2 Å². The van der Waals surface area contributed by atoms with E-state index in [1.807, 2.05) is 0 Å². The summed E-state index contributed by atoms with van der Waals surface area (Å²) in [5, 5.41) is 20.5. The van der Waals surface area contributed by atoms with Crippen LogP contribution in [0.15, 0.2) is 109 Å². The van der Waals surface area contributed by atoms with Gasteiger partial charge in [0.2, 0.25) is 0 Å². The minimum Gasteiger partial charge on any atom is -0.463 e. The zero-order chi connectivity index (χ0) is 62.4. The third-order valence-electron chi connectivity index (χ3n) is 12.9. The molecule has 18 heteroatoms. The van der Waals surface area contributed by atoms with Gasteiger partial charge in [-0.2, -0.15) is 0 Å². The van der Waals surface area contributed by atoms with Crippen LogP contribution in [0, 0.1) is 0 Å². The highest BCUT2D eigenvalue weighted by Crippen LogP contribution is 2.45. The molecule has 0 bridgehead atoms. The molecule has 0 saturated heterocycles. The van der Waals surface area contributed by atoms with Crippen LogP contribution in [0.1, 0.15) is 239 Å². The molecule has 0 spiro atoms. The number of hydrogen-bond acceptors (Lipinski definition) is 14. The van der Waals surface area contributed by atoms with Gasteiger partial charge in [0.05, 0.1) is 26.4 Å². The summed E-state index contributed by atoms with van der Waals surface area (Å²) in [6.45, 7) is 2.37. The zero-order valence-electron chi connectivity index (χ0n) is 52.5. The number of phosphoric ester groups is 2. The molecule has 0 aliphatic rings. The Morgan fingerprint density at radius 1 is 0.341 bits per heavy atom. The maximum absolute atomic E-state index is 12.9. The second-order valence-electron chi connectivity index (χ2n) is 21.2. The SMILES string of the molecule is CC/C=C\C/C=C\C/C=C\C/C=C\CCCCCCC(=O)OCC(COP(=O)(O)OCC(O)COP(=O)(O)OCC(O)COC(=O)CCCCCCCC/C=C\C/C=C\C/C=C\CCCCC)OC(=O)CCCCCCC/C=C\C/C=C\CCC. The highest BCUT2D eigenvalue weighted by Gasteiger charge is 2.29. The van der Waals surface area contributed by atoms with Gasteiger partial charge in [0.1, 0.15) is 25.4 Å². The van der Waals surface area contributed by atoms with E-state index in [4.69, 9.17) is 32.3 Å². The molecule has 5 atom stereocenters. The Bertz CT molecular complexity index is 1990. The monoisotopic (exact) mass is 1240 g/mol. The largest absolute Gasteiger partial charge is 0.472 e. The summed E-state index contributed by atoms with van der Waals surface area (Å²) < 4.78 is 60.7. The fraction of sp³-hybridized carbons (Fsp3) is 0.687. The quantitative estimate of drug-likeness (QED) is 0.0146. The molecule has 0 saturated carbocycles. The predicted molar refractivity (Wildman–Crippen MR) is 344 cm³/mol. The molecule has 4 N–H and O–H groups in total. The Morgan fingerprint density at radius 2 is 0.647 bits per heavy atom. The second-order valence-corrected chi connectivity index (χ2v) is 24.1. The topological polar surface area (TPSA) is 231 Å². The summed E-state index contributed by atoms with van der Waals surface area (Å²) >= 11 is 0. The number of phosphoric acid groups is 2. The van der Waals surface area contributed by atoms with Crippen LogP contribution >= 0.6 is 15.6 Å². The molecule has 0 aliphatic carbocycles. The number of carbonyl (C=O) groups excluding carboxylic acids is 3. The minimum atomic E-state index is -4.93. The van der Waals surface area contributed by atoms with E-state index < -0.39 is 91.5 Å². The number of aliphatic hydroxyl groups excluding tert-OH is 2. The fourth-order valence-corrected chi connectivity index (χ4v) is 9.60. The van der Waals surface area contributed by atoms with E-state index in [-0.39, 0.29) is 19.3 Å². The van der Waals surface area contributed by atoms with E-state index in [2.05, 4.69) is 130 Å². The maximum atomic E-state index is 12.9. The lowest BCUT2D eigenvalue weighted by Crippen LogP contribution is -2.30. The number of esters is 3. The molecular weight excluding hydrogens is 1120 g/mol. The van der Waals surface area contributed by atoms with Crippen LogP contribution in [0.5, 0.6) is 0 Å². The minimum absolute atomic E-state index is 0.0796. The average molecular weight is 1240 g/mol. The van der Waals surface area contributed by atoms with Gasteiger partial charge in [0, 0.05) is 19.3 Å². The third kappa shape index (κ3) is 61.6. The van der Waals surface area contributed by atoms with Crippen LogP contribution in [-0.4, -0.2) is 95.9 Å². The molecule has 0 aromatic carbocycles. The standard InChI is InChI=1S/C67H114O16P2/c1-4-7-10-13-16-19-22-25-27-29-30-32-34-36-38-41-44-47-50-53-65(70)77-56-62(68)57-79-84(73,74)80-58-63(69)59-81-85(75,76)82-61-64(83-67(72)55-52-49-46-43-40-35-24-21-18-15-12-9-6-3)60-78-66(71)54-51-48-45-42-39-37-33-31-28-26-23-20-17-14-11-8-5-2/h8,11-12,15-17,19-21,24-28,30,32-33,37,62-64,68-69H,4-7,9-10,13-14,18,22-23,29,31,34-36,38-61H2,1-3H3,(H,73,74)(H,75,76)/b11-8-,15-12-,19-16-,20-17-,24-21-,27-25-,28-26-,32-30-,37-33-. The van der Waals surface area contributed by atoms with Gasteiger partial charge in [-0.15, -0.1) is 0 Å². The average Bonchev–Trinajstić information content (AvgIpc) is 3.51. The van der Waals surface area contributed by atoms with Gasteiger partial charge in [0.25, 0.3) is 0 Å². The molecule has 16 nitrogen and oxygen atoms in total. The zero-order valence-corrected chi connectivity index (χ0v) is 54.3. The van der Waals surface area contributed by atoms with Gasteiger partial charge in [0.15, 0.2) is 6.10 Å². The Morgan fingerprint density at radius 3 is 1.04 bits per heavy atom. The van der Waals surface area contributed by atoms with Crippen molar-refractivity contribution in [3.05, 3.63) is 109 Å². The molecule has 0 fully saturated rings. The van der Waals surface area contributed by atoms with Crippen LogP contribution in [0.4, 0.5) is 0 Å². The second kappa shape index (κ2) is 60.5. The van der Waals surface area contributed by atoms with Gasteiger partial charge in [-0.05, 0) is 122 Å². The summed E-state index contributed by atoms with van der Waals surface area (Å²) in [5.74, 6) is -1.64. The lowest BCUT2D eigenvalue weighted by molar-refractivity contribution is -0.161. The normalized spacial score (nSPS) is 15.0. The molecule has 85 heavy (non-hydrogen) atoms. The van der Waals surface area contributed by atoms with Crippen molar-refractivity contribution < 1.29 is 75.8 Å². The molecule has 0 aromatic rings. The highest BCUT2D eigenvalue weighted by molar-refractivity contribution is 7.47. The number of allylic oxidation sites excluding steroid dienone is 18. The van der Waals surface area contributed by atoms with Crippen molar-refractivity contribution in [2.75, 3.05) is 39.6 Å². The van der Waals surface area contributed by atoms with E-state index in [0.29, 0.717) is 19.3 Å². The van der Waals surface area contributed by atoms with Crippen molar-refractivity contribution in [1.29, 1.82) is 0 Å². The van der Waals surface area contributed by atoms with Crippen LogP contribution in [0.2, 0.25) is 0 Å². The number of rotatable bonds is 60. The summed E-state index contributed by atoms with van der Waals surface area (Å²) in [6.07, 6.45) is 65.7. The molecule has 5 unspecified atom stereocenters. The van der Waals surface area contributed by atoms with Gasteiger partial charge in [-0.1, -0.05) is 207 Å². The number of hydrogen-bond donors (Lipinski definition) is 4. The number of ether oxygens (including phenoxy) is 3. The van der Waals surface area contributed by atoms with Crippen molar-refractivity contribution >= 4 is 33.6 Å². The Kier molecular flexibility index (Phi) is 57.8. The Labute approximate surface area is 513 Å². The molecule has 0 aromatic heterocycles. The first kappa shape index (κ1) is 81.2. The van der Waals surface area contributed by atoms with Crippen molar-refractivity contribution in [3.8, 4) is 0 Å². The summed E-state index contributed by atoms with van der Waals surface area (Å²) in [4.78, 5) is 58.2. The van der Waals surface area contributed by atoms with Crippen molar-refractivity contribution in [2.24, 2.45) is 0 Å². The molecule has 488 valence electrons. The van der Waals surface area contributed by atoms with Crippen molar-refractivity contribution in [3.63, 3.8) is 0 Å². The van der Waals surface area contributed by atoms with Gasteiger partial charge >= 0.3 is 33.6 Å². The first-order valence-electron chi connectivity index (χ1n) is 32.2. The molecule has 0 amide bonds. The molecule has 0 rings (SSSR count). The van der Waals surface area contributed by atoms with E-state index in [0.717, 1.165) is 154 Å². The summed E-state index contributed by atoms with van der Waals surface area (Å²) in [6, 6.07) is 0. The smallest absolute Gasteiger partial charge is 0.463 e. The molecule has 0 aliphatic heterocycles. The lowest BCUT2D eigenvalue weighted by atomic mass is 10.1. The van der Waals surface area contributed by atoms with Crippen LogP contribution in [0.25, 0.3) is 0 Å². The first-order valence-corrected chi connectivity index (χ1v) is 35.2. The number of unbranched alkanes of at least 4 members (excludes halogenated alkanes) is 19. The fourth-order valence-electron chi connectivity index (χ4n) is 8.02. The summed E-state index contributed by atoms with van der Waals surface area (Å²) in [5.41, 5.74) is 0. The van der Waals surface area contributed by atoms with Crippen LogP contribution in [-0.2, 0) is 55.8 Å². The predicted octanol–water partition coefficient (Wildman–Crippen LogP) is 17.3. The third-order valence-corrected chi connectivity index (χ3v) is 14.8. The maximum Gasteiger partial charge on any atom is 0.472 e. The molecular formula is C67H114O16P2. The van der Waals surface area contributed by atoms with Crippen LogP contribution in [0.3, 0.4) is 0 Å². The van der Waals surface area contributed by atoms with E-state index in [1.165, 1.54) is 25.7 Å². The van der Waals surface area contributed by atoms with Crippen molar-refractivity contribution in [1.82, 2.24) is 0 Å². The van der Waals surface area contributed by atoms with E-state index in [1.54, 1.807) is 0 Å². The summed E-state index contributed by atoms with van der Waals surface area (Å²) in [7, 11) is -9.79. The molecule has 0 heterocycles. The highest BCUT2D eigenvalue weighted by atomic mass is 31.2. The number of carbonyl (C=O) groups is 3. The van der Waals surface area contributed by atoms with Crippen molar-refractivity contribution in [2.45, 2.75) is 257 Å². The first-order chi connectivity index (χ1) is 41.2. The Balaban J connectivity index is 4.70. The van der Waals surface area contributed by atoms with Crippen LogP contribution < -0.4 is 0 Å². The van der Waals surface area contributed by atoms with E-state index in [9.17, 15) is 43.5 Å². The Hall–Kier alpha value is -3.79. The number of aliphatic hydroxyl groups is 2. The van der Waals surface area contributed by atoms with Gasteiger partial charge in [-0.25, -0.2) is 9.13 Å². The molecule has 0 radical (unpaired) electrons. The van der Waals surface area contributed by atoms with Gasteiger partial charge in [-0.3, -0.25) is 32.5 Å². The lowest BCUT2D eigenvalue weighted by Gasteiger charge is -2.21.